The Morgan fingerprint density at radius 2 is 2.19 bits per heavy atom. The Hall–Kier alpha value is -1.42. The van der Waals surface area contributed by atoms with Crippen LogP contribution >= 0.6 is 0 Å². The van der Waals surface area contributed by atoms with Crippen molar-refractivity contribution in [1.82, 2.24) is 15.2 Å². The molecular formula is C12H19N3O. The molecular weight excluding hydrogens is 202 g/mol. The van der Waals surface area contributed by atoms with Gasteiger partial charge in [0.2, 0.25) is 5.91 Å². The molecule has 1 aromatic heterocycles. The number of amides is 1. The maximum Gasteiger partial charge on any atom is 0.242 e. The topological polar surface area (TPSA) is 45.2 Å². The Morgan fingerprint density at radius 1 is 1.50 bits per heavy atom. The van der Waals surface area contributed by atoms with Crippen LogP contribution in [0.4, 0.5) is 0 Å². The fourth-order valence-corrected chi connectivity index (χ4v) is 1.39. The molecule has 1 N–H and O–H groups in total. The highest BCUT2D eigenvalue weighted by Crippen LogP contribution is 2.08. The van der Waals surface area contributed by atoms with Crippen molar-refractivity contribution in [2.45, 2.75) is 25.9 Å². The summed E-state index contributed by atoms with van der Waals surface area (Å²) in [5, 5.41) is 3.00. The maximum absolute atomic E-state index is 12.0. The molecule has 0 spiro atoms. The number of carbonyl (C=O) groups is 1. The number of nitrogens with zero attached hydrogens (tertiary/aromatic N) is 2. The minimum Gasteiger partial charge on any atom is -0.338 e. The summed E-state index contributed by atoms with van der Waals surface area (Å²) in [4.78, 5) is 17.9. The predicted octanol–water partition coefficient (Wildman–Crippen LogP) is 1.04. The summed E-state index contributed by atoms with van der Waals surface area (Å²) in [5.41, 5.74) is 0.356. The van der Waals surface area contributed by atoms with Gasteiger partial charge in [-0.05, 0) is 33.0 Å². The summed E-state index contributed by atoms with van der Waals surface area (Å²) in [7, 11) is 3.57. The molecule has 1 heterocycles. The van der Waals surface area contributed by atoms with E-state index in [1.54, 1.807) is 25.2 Å². The van der Waals surface area contributed by atoms with Gasteiger partial charge in [-0.2, -0.15) is 0 Å². The lowest BCUT2D eigenvalue weighted by Crippen LogP contribution is -2.51. The van der Waals surface area contributed by atoms with Crippen LogP contribution in [0.5, 0.6) is 0 Å². The van der Waals surface area contributed by atoms with Gasteiger partial charge >= 0.3 is 0 Å². The van der Waals surface area contributed by atoms with Gasteiger partial charge in [0.25, 0.3) is 0 Å². The highest BCUT2D eigenvalue weighted by molar-refractivity contribution is 5.85. The number of carbonyl (C=O) groups excluding carboxylic acids is 1. The summed E-state index contributed by atoms with van der Waals surface area (Å²) in [5.74, 6) is 0.0562. The first-order chi connectivity index (χ1) is 7.47. The van der Waals surface area contributed by atoms with Gasteiger partial charge < -0.3 is 10.2 Å². The smallest absolute Gasteiger partial charge is 0.242 e. The number of pyridine rings is 1. The number of hydrogen-bond donors (Lipinski definition) is 1. The Labute approximate surface area is 96.7 Å². The summed E-state index contributed by atoms with van der Waals surface area (Å²) in [6, 6.07) is 5.70. The van der Waals surface area contributed by atoms with E-state index >= 15 is 0 Å². The van der Waals surface area contributed by atoms with Crippen LogP contribution < -0.4 is 5.32 Å². The monoisotopic (exact) mass is 221 g/mol. The van der Waals surface area contributed by atoms with Gasteiger partial charge in [0, 0.05) is 13.2 Å². The molecule has 4 heteroatoms. The van der Waals surface area contributed by atoms with Gasteiger partial charge in [0.1, 0.15) is 0 Å². The number of hydrogen-bond acceptors (Lipinski definition) is 3. The van der Waals surface area contributed by atoms with E-state index in [1.807, 2.05) is 32.0 Å². The molecule has 88 valence electrons. The van der Waals surface area contributed by atoms with Crippen molar-refractivity contribution >= 4 is 5.91 Å². The van der Waals surface area contributed by atoms with E-state index in [4.69, 9.17) is 0 Å². The summed E-state index contributed by atoms with van der Waals surface area (Å²) < 4.78 is 0. The van der Waals surface area contributed by atoms with Gasteiger partial charge in [0.05, 0.1) is 17.8 Å². The molecule has 4 nitrogen and oxygen atoms in total. The first kappa shape index (κ1) is 12.6. The van der Waals surface area contributed by atoms with Crippen LogP contribution in [-0.2, 0) is 11.3 Å². The van der Waals surface area contributed by atoms with E-state index in [9.17, 15) is 4.79 Å². The first-order valence-electron chi connectivity index (χ1n) is 5.32. The van der Waals surface area contributed by atoms with Crippen LogP contribution in [0.25, 0.3) is 0 Å². The van der Waals surface area contributed by atoms with E-state index < -0.39 is 5.54 Å². The van der Waals surface area contributed by atoms with Crippen LogP contribution in [0.3, 0.4) is 0 Å². The molecule has 0 aliphatic heterocycles. The molecule has 0 aromatic carbocycles. The van der Waals surface area contributed by atoms with Gasteiger partial charge in [-0.1, -0.05) is 6.07 Å². The molecule has 0 unspecified atom stereocenters. The lowest BCUT2D eigenvalue weighted by Gasteiger charge is -2.28. The molecule has 1 aromatic rings. The number of likely N-dealkylation sites (N-methyl/N-ethyl adjacent to an activating group) is 2. The fourth-order valence-electron chi connectivity index (χ4n) is 1.39. The van der Waals surface area contributed by atoms with Crippen LogP contribution in [-0.4, -0.2) is 35.4 Å². The van der Waals surface area contributed by atoms with E-state index in [1.165, 1.54) is 0 Å². The molecule has 0 aliphatic rings. The quantitative estimate of drug-likeness (QED) is 0.826. The molecule has 0 saturated heterocycles. The molecule has 1 amide bonds. The van der Waals surface area contributed by atoms with Crippen molar-refractivity contribution in [3.8, 4) is 0 Å². The number of aromatic nitrogens is 1. The predicted molar refractivity (Wildman–Crippen MR) is 63.8 cm³/mol. The maximum atomic E-state index is 12.0. The van der Waals surface area contributed by atoms with Gasteiger partial charge in [0.15, 0.2) is 0 Å². The average molecular weight is 221 g/mol. The Bertz CT molecular complexity index is 349. The summed E-state index contributed by atoms with van der Waals surface area (Å²) in [6.45, 7) is 4.26. The largest absolute Gasteiger partial charge is 0.338 e. The van der Waals surface area contributed by atoms with Crippen molar-refractivity contribution in [1.29, 1.82) is 0 Å². The standard InChI is InChI=1S/C12H19N3O/c1-12(2,13-3)11(16)15(4)9-10-7-5-6-8-14-10/h5-8,13H,9H2,1-4H3. The van der Waals surface area contributed by atoms with Crippen LogP contribution in [0, 0.1) is 0 Å². The van der Waals surface area contributed by atoms with E-state index in [2.05, 4.69) is 10.3 Å². The molecule has 0 atom stereocenters. The number of nitrogens with one attached hydrogen (secondary N) is 1. The lowest BCUT2D eigenvalue weighted by atomic mass is 10.0. The van der Waals surface area contributed by atoms with Crippen LogP contribution in [0.15, 0.2) is 24.4 Å². The van der Waals surface area contributed by atoms with E-state index in [-0.39, 0.29) is 5.91 Å². The molecule has 1 rings (SSSR count). The van der Waals surface area contributed by atoms with Crippen LogP contribution in [0.1, 0.15) is 19.5 Å². The second-order valence-corrected chi connectivity index (χ2v) is 4.36. The Morgan fingerprint density at radius 3 is 2.69 bits per heavy atom. The van der Waals surface area contributed by atoms with Gasteiger partial charge in [-0.3, -0.25) is 9.78 Å². The highest BCUT2D eigenvalue weighted by Gasteiger charge is 2.28. The first-order valence-corrected chi connectivity index (χ1v) is 5.32. The second kappa shape index (κ2) is 5.07. The summed E-state index contributed by atoms with van der Waals surface area (Å²) >= 11 is 0. The molecule has 0 radical (unpaired) electrons. The molecule has 16 heavy (non-hydrogen) atoms. The molecule has 0 bridgehead atoms. The van der Waals surface area contributed by atoms with Gasteiger partial charge in [-0.15, -0.1) is 0 Å². The zero-order valence-corrected chi connectivity index (χ0v) is 10.3. The Kier molecular flexibility index (Phi) is 4.01. The van der Waals surface area contributed by atoms with Crippen molar-refractivity contribution < 1.29 is 4.79 Å². The highest BCUT2D eigenvalue weighted by atomic mass is 16.2. The van der Waals surface area contributed by atoms with Crippen molar-refractivity contribution in [2.24, 2.45) is 0 Å². The molecule has 0 fully saturated rings. The normalized spacial score (nSPS) is 11.2. The van der Waals surface area contributed by atoms with E-state index in [0.29, 0.717) is 6.54 Å². The zero-order chi connectivity index (χ0) is 12.2. The van der Waals surface area contributed by atoms with Gasteiger partial charge in [-0.25, -0.2) is 0 Å². The number of rotatable bonds is 4. The third-order valence-electron chi connectivity index (χ3n) is 2.63. The van der Waals surface area contributed by atoms with E-state index in [0.717, 1.165) is 5.69 Å². The molecule has 0 saturated carbocycles. The Balaban J connectivity index is 2.66. The second-order valence-electron chi connectivity index (χ2n) is 4.36. The third-order valence-corrected chi connectivity index (χ3v) is 2.63. The average Bonchev–Trinajstić information content (AvgIpc) is 2.29. The SMILES string of the molecule is CNC(C)(C)C(=O)N(C)Cc1ccccn1. The zero-order valence-electron chi connectivity index (χ0n) is 10.3. The van der Waals surface area contributed by atoms with Crippen LogP contribution in [0.2, 0.25) is 0 Å². The minimum atomic E-state index is -0.538. The van der Waals surface area contributed by atoms with Crippen molar-refractivity contribution in [3.63, 3.8) is 0 Å². The fraction of sp³-hybridized carbons (Fsp3) is 0.500. The minimum absolute atomic E-state index is 0.0562. The van der Waals surface area contributed by atoms with Crippen molar-refractivity contribution in [2.75, 3.05) is 14.1 Å². The molecule has 0 aliphatic carbocycles. The summed E-state index contributed by atoms with van der Waals surface area (Å²) in [6.07, 6.45) is 1.73. The lowest BCUT2D eigenvalue weighted by molar-refractivity contribution is -0.136. The van der Waals surface area contributed by atoms with Crippen molar-refractivity contribution in [3.05, 3.63) is 30.1 Å². The third kappa shape index (κ3) is 3.03.